The van der Waals surface area contributed by atoms with Crippen molar-refractivity contribution in [1.82, 2.24) is 10.3 Å². The third kappa shape index (κ3) is 2.96. The van der Waals surface area contributed by atoms with Crippen LogP contribution in [0.1, 0.15) is 45.6 Å². The lowest BCUT2D eigenvalue weighted by atomic mass is 9.94. The second kappa shape index (κ2) is 5.25. The van der Waals surface area contributed by atoms with Crippen LogP contribution in [-0.4, -0.2) is 22.2 Å². The van der Waals surface area contributed by atoms with Gasteiger partial charge in [0.1, 0.15) is 5.76 Å². The van der Waals surface area contributed by atoms with Crippen molar-refractivity contribution in [3.8, 4) is 11.7 Å². The lowest BCUT2D eigenvalue weighted by Gasteiger charge is -2.27. The summed E-state index contributed by atoms with van der Waals surface area (Å²) in [6, 6.07) is 3.96. The molecule has 0 saturated carbocycles. The Bertz CT molecular complexity index is 641. The minimum atomic E-state index is -0.190. The standard InChI is InChI=1S/C17H24N2O3/c1-11-12(19-15(21-11)13-7-6-8-20-13)10-18-14-9-16(2,3)22-17(14,4)5/h6-8,14,18H,9-10H2,1-5H3/t14-/m1/s1. The van der Waals surface area contributed by atoms with Gasteiger partial charge >= 0.3 is 0 Å². The molecule has 0 amide bonds. The Morgan fingerprint density at radius 3 is 2.68 bits per heavy atom. The highest BCUT2D eigenvalue weighted by Crippen LogP contribution is 2.37. The summed E-state index contributed by atoms with van der Waals surface area (Å²) >= 11 is 0. The number of furan rings is 1. The van der Waals surface area contributed by atoms with Crippen molar-refractivity contribution in [2.75, 3.05) is 0 Å². The first-order valence-corrected chi connectivity index (χ1v) is 7.71. The topological polar surface area (TPSA) is 60.4 Å². The molecule has 1 N–H and O–H groups in total. The van der Waals surface area contributed by atoms with Gasteiger partial charge in [-0.05, 0) is 53.2 Å². The highest BCUT2D eigenvalue weighted by atomic mass is 16.5. The Morgan fingerprint density at radius 1 is 1.32 bits per heavy atom. The molecule has 3 rings (SSSR count). The average Bonchev–Trinajstić information content (AvgIpc) is 3.05. The van der Waals surface area contributed by atoms with E-state index in [1.165, 1.54) is 0 Å². The molecule has 3 heterocycles. The Labute approximate surface area is 131 Å². The third-order valence-electron chi connectivity index (χ3n) is 4.21. The number of nitrogens with zero attached hydrogens (tertiary/aromatic N) is 1. The van der Waals surface area contributed by atoms with Gasteiger partial charge in [-0.3, -0.25) is 0 Å². The van der Waals surface area contributed by atoms with Crippen LogP contribution in [0, 0.1) is 6.92 Å². The second-order valence-corrected chi connectivity index (χ2v) is 7.10. The SMILES string of the molecule is Cc1oc(-c2ccco2)nc1CN[C@@H]1CC(C)(C)OC1(C)C. The predicted molar refractivity (Wildman–Crippen MR) is 83.4 cm³/mol. The predicted octanol–water partition coefficient (Wildman–Crippen LogP) is 3.68. The van der Waals surface area contributed by atoms with Gasteiger partial charge in [0.15, 0.2) is 5.76 Å². The first-order chi connectivity index (χ1) is 10.3. The number of ether oxygens (including phenoxy) is 1. The fourth-order valence-electron chi connectivity index (χ4n) is 3.20. The van der Waals surface area contributed by atoms with E-state index in [1.54, 1.807) is 6.26 Å². The Morgan fingerprint density at radius 2 is 2.09 bits per heavy atom. The molecule has 1 atom stereocenters. The lowest BCUT2D eigenvalue weighted by molar-refractivity contribution is -0.0699. The maximum Gasteiger partial charge on any atom is 0.263 e. The van der Waals surface area contributed by atoms with Crippen molar-refractivity contribution in [3.05, 3.63) is 29.9 Å². The molecule has 1 fully saturated rings. The molecular formula is C17H24N2O3. The smallest absolute Gasteiger partial charge is 0.263 e. The number of hydrogen-bond donors (Lipinski definition) is 1. The molecule has 0 bridgehead atoms. The fraction of sp³-hybridized carbons (Fsp3) is 0.588. The number of nitrogens with one attached hydrogen (secondary N) is 1. The highest BCUT2D eigenvalue weighted by Gasteiger charge is 2.45. The largest absolute Gasteiger partial charge is 0.459 e. The summed E-state index contributed by atoms with van der Waals surface area (Å²) in [6.07, 6.45) is 2.59. The molecule has 22 heavy (non-hydrogen) atoms. The zero-order valence-corrected chi connectivity index (χ0v) is 13.9. The molecule has 0 spiro atoms. The Kier molecular flexibility index (Phi) is 3.65. The van der Waals surface area contributed by atoms with Gasteiger partial charge in [0, 0.05) is 12.6 Å². The maximum absolute atomic E-state index is 6.11. The van der Waals surface area contributed by atoms with Crippen molar-refractivity contribution in [2.24, 2.45) is 0 Å². The zero-order chi connectivity index (χ0) is 16.0. The van der Waals surface area contributed by atoms with Gasteiger partial charge in [0.25, 0.3) is 5.89 Å². The summed E-state index contributed by atoms with van der Waals surface area (Å²) in [6.45, 7) is 11.1. The number of oxazole rings is 1. The molecular weight excluding hydrogens is 280 g/mol. The second-order valence-electron chi connectivity index (χ2n) is 7.10. The molecule has 120 valence electrons. The van der Waals surface area contributed by atoms with Crippen molar-refractivity contribution in [2.45, 2.75) is 64.8 Å². The summed E-state index contributed by atoms with van der Waals surface area (Å²) < 4.78 is 17.1. The zero-order valence-electron chi connectivity index (χ0n) is 13.9. The van der Waals surface area contributed by atoms with E-state index in [9.17, 15) is 0 Å². The summed E-state index contributed by atoms with van der Waals surface area (Å²) in [5.41, 5.74) is 0.622. The minimum absolute atomic E-state index is 0.0979. The van der Waals surface area contributed by atoms with E-state index < -0.39 is 0 Å². The molecule has 1 aliphatic heterocycles. The Hall–Kier alpha value is -1.59. The van der Waals surface area contributed by atoms with Crippen molar-refractivity contribution in [3.63, 3.8) is 0 Å². The van der Waals surface area contributed by atoms with E-state index >= 15 is 0 Å². The lowest BCUT2D eigenvalue weighted by Crippen LogP contribution is -2.43. The fourth-order valence-corrected chi connectivity index (χ4v) is 3.20. The third-order valence-corrected chi connectivity index (χ3v) is 4.21. The molecule has 0 aromatic carbocycles. The first-order valence-electron chi connectivity index (χ1n) is 7.71. The maximum atomic E-state index is 6.11. The van der Waals surface area contributed by atoms with E-state index in [2.05, 4.69) is 38.0 Å². The first kappa shape index (κ1) is 15.3. The van der Waals surface area contributed by atoms with Crippen molar-refractivity contribution >= 4 is 0 Å². The van der Waals surface area contributed by atoms with Crippen molar-refractivity contribution < 1.29 is 13.6 Å². The van der Waals surface area contributed by atoms with Gasteiger partial charge in [0.2, 0.25) is 0 Å². The molecule has 1 saturated heterocycles. The van der Waals surface area contributed by atoms with E-state index in [1.807, 2.05) is 19.1 Å². The summed E-state index contributed by atoms with van der Waals surface area (Å²) in [5, 5.41) is 3.57. The summed E-state index contributed by atoms with van der Waals surface area (Å²) in [5.74, 6) is 2.00. The van der Waals surface area contributed by atoms with E-state index in [0.29, 0.717) is 18.2 Å². The highest BCUT2D eigenvalue weighted by molar-refractivity contribution is 5.44. The van der Waals surface area contributed by atoms with Crippen LogP contribution < -0.4 is 5.32 Å². The molecule has 1 aliphatic rings. The summed E-state index contributed by atoms with van der Waals surface area (Å²) in [7, 11) is 0. The average molecular weight is 304 g/mol. The molecule has 0 unspecified atom stereocenters. The van der Waals surface area contributed by atoms with Gasteiger partial charge in [-0.1, -0.05) is 0 Å². The van der Waals surface area contributed by atoms with Crippen LogP contribution in [0.5, 0.6) is 0 Å². The van der Waals surface area contributed by atoms with Crippen LogP contribution >= 0.6 is 0 Å². The van der Waals surface area contributed by atoms with Gasteiger partial charge in [-0.15, -0.1) is 0 Å². The number of aryl methyl sites for hydroxylation is 1. The summed E-state index contributed by atoms with van der Waals surface area (Å²) in [4.78, 5) is 4.53. The van der Waals surface area contributed by atoms with Crippen LogP contribution in [0.3, 0.4) is 0 Å². The monoisotopic (exact) mass is 304 g/mol. The van der Waals surface area contributed by atoms with Crippen LogP contribution in [-0.2, 0) is 11.3 Å². The van der Waals surface area contributed by atoms with Crippen LogP contribution in [0.4, 0.5) is 0 Å². The normalized spacial score (nSPS) is 23.0. The van der Waals surface area contributed by atoms with Gasteiger partial charge in [-0.25, -0.2) is 4.98 Å². The Balaban J connectivity index is 1.70. The molecule has 5 nitrogen and oxygen atoms in total. The number of hydrogen-bond acceptors (Lipinski definition) is 5. The van der Waals surface area contributed by atoms with Crippen LogP contribution in [0.15, 0.2) is 27.2 Å². The number of aromatic nitrogens is 1. The van der Waals surface area contributed by atoms with Gasteiger partial charge in [-0.2, -0.15) is 0 Å². The van der Waals surface area contributed by atoms with E-state index in [-0.39, 0.29) is 17.2 Å². The quantitative estimate of drug-likeness (QED) is 0.933. The van der Waals surface area contributed by atoms with Crippen molar-refractivity contribution in [1.29, 1.82) is 0 Å². The number of rotatable bonds is 4. The molecule has 2 aromatic rings. The van der Waals surface area contributed by atoms with Gasteiger partial charge < -0.3 is 18.9 Å². The molecule has 5 heteroatoms. The van der Waals surface area contributed by atoms with E-state index in [0.717, 1.165) is 17.9 Å². The van der Waals surface area contributed by atoms with E-state index in [4.69, 9.17) is 13.6 Å². The van der Waals surface area contributed by atoms with Crippen LogP contribution in [0.25, 0.3) is 11.7 Å². The molecule has 2 aromatic heterocycles. The molecule has 0 aliphatic carbocycles. The molecule has 0 radical (unpaired) electrons. The van der Waals surface area contributed by atoms with Crippen LogP contribution in [0.2, 0.25) is 0 Å². The minimum Gasteiger partial charge on any atom is -0.459 e. The van der Waals surface area contributed by atoms with Gasteiger partial charge in [0.05, 0.1) is 23.2 Å².